The molecule has 1 N–H and O–H groups in total. The Hall–Kier alpha value is -1.00. The molecule has 0 aromatic carbocycles. The number of carbonyl (C=O) groups excluding carboxylic acids is 1. The maximum absolute atomic E-state index is 12.4. The van der Waals surface area contributed by atoms with Crippen LogP contribution in [0, 0.1) is 5.41 Å². The summed E-state index contributed by atoms with van der Waals surface area (Å²) in [5, 5.41) is 3.74. The first-order valence-corrected chi connectivity index (χ1v) is 7.32. The summed E-state index contributed by atoms with van der Waals surface area (Å²) >= 11 is 5.74. The third-order valence-electron chi connectivity index (χ3n) is 4.29. The first kappa shape index (κ1) is 13.0. The van der Waals surface area contributed by atoms with Crippen LogP contribution in [0.2, 0.25) is 5.22 Å². The van der Waals surface area contributed by atoms with Crippen LogP contribution in [-0.4, -0.2) is 37.0 Å². The SMILES string of the molecule is O=C(c1ccc(Cl)o1)N1CCCC2(CCCNC2)C1. The van der Waals surface area contributed by atoms with Crippen LogP contribution >= 0.6 is 11.6 Å². The van der Waals surface area contributed by atoms with Crippen LogP contribution in [0.25, 0.3) is 0 Å². The second kappa shape index (κ2) is 5.17. The molecule has 2 fully saturated rings. The standard InChI is InChI=1S/C14H19ClN2O2/c15-12-4-3-11(19-12)13(18)17-8-2-6-14(10-17)5-1-7-16-9-14/h3-4,16H,1-2,5-10H2. The molecule has 0 aliphatic carbocycles. The maximum Gasteiger partial charge on any atom is 0.289 e. The predicted molar refractivity (Wildman–Crippen MR) is 73.4 cm³/mol. The number of likely N-dealkylation sites (tertiary alicyclic amines) is 1. The van der Waals surface area contributed by atoms with Gasteiger partial charge in [-0.1, -0.05) is 0 Å². The van der Waals surface area contributed by atoms with Crippen molar-refractivity contribution in [1.82, 2.24) is 10.2 Å². The van der Waals surface area contributed by atoms with Crippen LogP contribution in [-0.2, 0) is 0 Å². The van der Waals surface area contributed by atoms with Gasteiger partial charge in [-0.15, -0.1) is 0 Å². The topological polar surface area (TPSA) is 45.5 Å². The van der Waals surface area contributed by atoms with Gasteiger partial charge < -0.3 is 14.6 Å². The second-order valence-electron chi connectivity index (χ2n) is 5.71. The van der Waals surface area contributed by atoms with Crippen LogP contribution in [0.3, 0.4) is 0 Å². The van der Waals surface area contributed by atoms with Gasteiger partial charge >= 0.3 is 0 Å². The van der Waals surface area contributed by atoms with Crippen molar-refractivity contribution in [2.75, 3.05) is 26.2 Å². The molecule has 1 atom stereocenters. The summed E-state index contributed by atoms with van der Waals surface area (Å²) in [6, 6.07) is 3.28. The van der Waals surface area contributed by atoms with Crippen molar-refractivity contribution in [3.8, 4) is 0 Å². The molecule has 0 bridgehead atoms. The normalized spacial score (nSPS) is 27.7. The molecular weight excluding hydrogens is 264 g/mol. The summed E-state index contributed by atoms with van der Waals surface area (Å²) < 4.78 is 5.23. The van der Waals surface area contributed by atoms with Crippen molar-refractivity contribution in [3.63, 3.8) is 0 Å². The number of hydrogen-bond donors (Lipinski definition) is 1. The van der Waals surface area contributed by atoms with E-state index in [1.54, 1.807) is 12.1 Å². The largest absolute Gasteiger partial charge is 0.440 e. The maximum atomic E-state index is 12.4. The summed E-state index contributed by atoms with van der Waals surface area (Å²) in [4.78, 5) is 14.3. The van der Waals surface area contributed by atoms with Gasteiger partial charge in [0.25, 0.3) is 5.91 Å². The number of furan rings is 1. The van der Waals surface area contributed by atoms with Gasteiger partial charge in [0, 0.05) is 25.0 Å². The van der Waals surface area contributed by atoms with Gasteiger partial charge in [0.1, 0.15) is 0 Å². The lowest BCUT2D eigenvalue weighted by molar-refractivity contribution is 0.0408. The molecular formula is C14H19ClN2O2. The lowest BCUT2D eigenvalue weighted by Crippen LogP contribution is -2.52. The van der Waals surface area contributed by atoms with E-state index in [4.69, 9.17) is 16.0 Å². The molecule has 1 aromatic heterocycles. The first-order valence-electron chi connectivity index (χ1n) is 6.94. The van der Waals surface area contributed by atoms with Gasteiger partial charge in [-0.05, 0) is 56.0 Å². The van der Waals surface area contributed by atoms with Crippen LogP contribution in [0.1, 0.15) is 36.2 Å². The summed E-state index contributed by atoms with van der Waals surface area (Å²) in [6.45, 7) is 3.77. The smallest absolute Gasteiger partial charge is 0.289 e. The van der Waals surface area contributed by atoms with E-state index in [-0.39, 0.29) is 16.5 Å². The van der Waals surface area contributed by atoms with Crippen molar-refractivity contribution >= 4 is 17.5 Å². The summed E-state index contributed by atoms with van der Waals surface area (Å²) in [7, 11) is 0. The van der Waals surface area contributed by atoms with E-state index in [0.717, 1.165) is 32.6 Å². The second-order valence-corrected chi connectivity index (χ2v) is 6.09. The molecule has 1 amide bonds. The molecule has 3 heterocycles. The van der Waals surface area contributed by atoms with Crippen LogP contribution < -0.4 is 5.32 Å². The highest BCUT2D eigenvalue weighted by molar-refractivity contribution is 6.29. The summed E-state index contributed by atoms with van der Waals surface area (Å²) in [5.74, 6) is 0.322. The molecule has 1 aromatic rings. The zero-order valence-corrected chi connectivity index (χ0v) is 11.7. The molecule has 0 radical (unpaired) electrons. The number of nitrogens with zero attached hydrogens (tertiary/aromatic N) is 1. The number of nitrogens with one attached hydrogen (secondary N) is 1. The minimum Gasteiger partial charge on any atom is -0.440 e. The lowest BCUT2D eigenvalue weighted by atomic mass is 9.74. The number of halogens is 1. The number of carbonyl (C=O) groups is 1. The highest BCUT2D eigenvalue weighted by atomic mass is 35.5. The molecule has 2 aliphatic rings. The molecule has 1 unspecified atom stereocenters. The molecule has 2 aliphatic heterocycles. The molecule has 1 spiro atoms. The Bertz CT molecular complexity index is 460. The van der Waals surface area contributed by atoms with Crippen LogP contribution in [0.5, 0.6) is 0 Å². The quantitative estimate of drug-likeness (QED) is 0.861. The Morgan fingerprint density at radius 1 is 1.37 bits per heavy atom. The van der Waals surface area contributed by atoms with Gasteiger partial charge in [0.05, 0.1) is 0 Å². The molecule has 19 heavy (non-hydrogen) atoms. The van der Waals surface area contributed by atoms with Crippen molar-refractivity contribution in [1.29, 1.82) is 0 Å². The van der Waals surface area contributed by atoms with Crippen molar-refractivity contribution in [3.05, 3.63) is 23.1 Å². The molecule has 3 rings (SSSR count). The van der Waals surface area contributed by atoms with Gasteiger partial charge in [-0.3, -0.25) is 4.79 Å². The fourth-order valence-corrected chi connectivity index (χ4v) is 3.49. The number of hydrogen-bond acceptors (Lipinski definition) is 3. The molecule has 4 nitrogen and oxygen atoms in total. The Morgan fingerprint density at radius 2 is 2.21 bits per heavy atom. The fourth-order valence-electron chi connectivity index (χ4n) is 3.35. The van der Waals surface area contributed by atoms with E-state index >= 15 is 0 Å². The Balaban J connectivity index is 1.72. The Kier molecular flexibility index (Phi) is 3.54. The van der Waals surface area contributed by atoms with Crippen molar-refractivity contribution in [2.45, 2.75) is 25.7 Å². The first-order chi connectivity index (χ1) is 9.19. The minimum absolute atomic E-state index is 0.0310. The lowest BCUT2D eigenvalue weighted by Gasteiger charge is -2.45. The third kappa shape index (κ3) is 2.65. The fraction of sp³-hybridized carbons (Fsp3) is 0.643. The number of piperidine rings is 2. The monoisotopic (exact) mass is 282 g/mol. The van der Waals surface area contributed by atoms with Crippen molar-refractivity contribution in [2.24, 2.45) is 5.41 Å². The van der Waals surface area contributed by atoms with Crippen LogP contribution in [0.4, 0.5) is 0 Å². The molecule has 2 saturated heterocycles. The van der Waals surface area contributed by atoms with E-state index in [9.17, 15) is 4.79 Å². The highest BCUT2D eigenvalue weighted by Gasteiger charge is 2.38. The van der Waals surface area contributed by atoms with E-state index in [1.807, 2.05) is 4.90 Å². The molecule has 5 heteroatoms. The summed E-state index contributed by atoms with van der Waals surface area (Å²) in [6.07, 6.45) is 4.70. The minimum atomic E-state index is -0.0310. The van der Waals surface area contributed by atoms with Gasteiger partial charge in [-0.2, -0.15) is 0 Å². The van der Waals surface area contributed by atoms with E-state index in [0.29, 0.717) is 5.76 Å². The van der Waals surface area contributed by atoms with E-state index in [1.165, 1.54) is 19.3 Å². The average molecular weight is 283 g/mol. The molecule has 104 valence electrons. The Labute approximate surface area is 118 Å². The van der Waals surface area contributed by atoms with Crippen molar-refractivity contribution < 1.29 is 9.21 Å². The zero-order chi connectivity index (χ0) is 13.3. The summed E-state index contributed by atoms with van der Waals surface area (Å²) in [5.41, 5.74) is 0.266. The third-order valence-corrected chi connectivity index (χ3v) is 4.50. The highest BCUT2D eigenvalue weighted by Crippen LogP contribution is 2.36. The van der Waals surface area contributed by atoms with E-state index in [2.05, 4.69) is 5.32 Å². The number of amides is 1. The van der Waals surface area contributed by atoms with Gasteiger partial charge in [-0.25, -0.2) is 0 Å². The zero-order valence-electron chi connectivity index (χ0n) is 11.0. The molecule has 0 saturated carbocycles. The Morgan fingerprint density at radius 3 is 2.89 bits per heavy atom. The van der Waals surface area contributed by atoms with Gasteiger partial charge in [0.15, 0.2) is 11.0 Å². The van der Waals surface area contributed by atoms with Crippen LogP contribution in [0.15, 0.2) is 16.5 Å². The van der Waals surface area contributed by atoms with Gasteiger partial charge in [0.2, 0.25) is 0 Å². The average Bonchev–Trinajstić information content (AvgIpc) is 2.85. The predicted octanol–water partition coefficient (Wildman–Crippen LogP) is 2.54. The number of rotatable bonds is 1. The van der Waals surface area contributed by atoms with E-state index < -0.39 is 0 Å².